The van der Waals surface area contributed by atoms with Gasteiger partial charge in [-0.2, -0.15) is 0 Å². The van der Waals surface area contributed by atoms with Gasteiger partial charge in [-0.05, 0) is 19.4 Å². The molecule has 0 aromatic carbocycles. The Morgan fingerprint density at radius 2 is 2.12 bits per heavy atom. The molecule has 1 rings (SSSR count). The van der Waals surface area contributed by atoms with Crippen LogP contribution in [0, 0.1) is 6.92 Å². The molecule has 0 saturated carbocycles. The van der Waals surface area contributed by atoms with E-state index in [9.17, 15) is 8.42 Å². The zero-order chi connectivity index (χ0) is 13.1. The highest BCUT2D eigenvalue weighted by Crippen LogP contribution is 2.28. The van der Waals surface area contributed by atoms with Crippen LogP contribution >= 0.6 is 22.9 Å². The summed E-state index contributed by atoms with van der Waals surface area (Å²) in [6.45, 7) is 4.42. The van der Waals surface area contributed by atoms with Crippen LogP contribution in [-0.4, -0.2) is 26.3 Å². The lowest BCUT2D eigenvalue weighted by molar-refractivity contribution is 0.459. The maximum absolute atomic E-state index is 12.3. The number of rotatable bonds is 6. The van der Waals surface area contributed by atoms with Gasteiger partial charge in [0.15, 0.2) is 0 Å². The molecule has 0 fully saturated rings. The Kier molecular flexibility index (Phi) is 5.44. The number of halogens is 1. The monoisotopic (exact) mass is 295 g/mol. The number of thiophene rings is 1. The molecule has 0 aliphatic heterocycles. The Morgan fingerprint density at radius 1 is 1.47 bits per heavy atom. The van der Waals surface area contributed by atoms with E-state index < -0.39 is 10.0 Å². The number of unbranched alkanes of at least 4 members (excludes halogenated alkanes) is 1. The van der Waals surface area contributed by atoms with Crippen LogP contribution in [0.2, 0.25) is 0 Å². The Balaban J connectivity index is 2.99. The zero-order valence-corrected chi connectivity index (χ0v) is 12.8. The lowest BCUT2D eigenvalue weighted by Crippen LogP contribution is -2.28. The van der Waals surface area contributed by atoms with Crippen molar-refractivity contribution in [2.45, 2.75) is 37.5 Å². The van der Waals surface area contributed by atoms with E-state index in [4.69, 9.17) is 11.6 Å². The topological polar surface area (TPSA) is 37.4 Å². The largest absolute Gasteiger partial charge is 0.243 e. The zero-order valence-electron chi connectivity index (χ0n) is 10.4. The van der Waals surface area contributed by atoms with Gasteiger partial charge in [0.05, 0.1) is 10.8 Å². The van der Waals surface area contributed by atoms with Crippen LogP contribution in [0.25, 0.3) is 0 Å². The van der Waals surface area contributed by atoms with Gasteiger partial charge in [-0.1, -0.05) is 13.3 Å². The van der Waals surface area contributed by atoms with Gasteiger partial charge in [-0.15, -0.1) is 22.9 Å². The smallest absolute Gasteiger partial charge is 0.207 e. The molecule has 3 nitrogen and oxygen atoms in total. The van der Waals surface area contributed by atoms with Crippen molar-refractivity contribution in [2.24, 2.45) is 0 Å². The van der Waals surface area contributed by atoms with Crippen LogP contribution in [0.4, 0.5) is 0 Å². The lowest BCUT2D eigenvalue weighted by Gasteiger charge is -2.16. The maximum atomic E-state index is 12.3. The fourth-order valence-electron chi connectivity index (χ4n) is 1.52. The molecule has 0 spiro atoms. The minimum Gasteiger partial charge on any atom is -0.207 e. The number of nitrogens with zero attached hydrogens (tertiary/aromatic N) is 1. The van der Waals surface area contributed by atoms with Crippen molar-refractivity contribution in [1.29, 1.82) is 0 Å². The second-order valence-corrected chi connectivity index (χ2v) is 7.57. The standard InChI is InChI=1S/C11H18ClNO2S2/c1-4-5-6-13(3)17(14,15)11-7-10(8-12)16-9(11)2/h7H,4-6,8H2,1-3H3. The fourth-order valence-corrected chi connectivity index (χ4v) is 4.42. The molecular formula is C11H18ClNO2S2. The Bertz CT molecular complexity index is 468. The third-order valence-corrected chi connectivity index (χ3v) is 6.18. The number of hydrogen-bond donors (Lipinski definition) is 0. The molecule has 0 amide bonds. The predicted octanol–water partition coefficient (Wildman–Crippen LogP) is 3.22. The van der Waals surface area contributed by atoms with Crippen molar-refractivity contribution in [3.63, 3.8) is 0 Å². The second-order valence-electron chi connectivity index (χ2n) is 3.95. The van der Waals surface area contributed by atoms with Crippen molar-refractivity contribution in [2.75, 3.05) is 13.6 Å². The number of sulfonamides is 1. The van der Waals surface area contributed by atoms with Crippen LogP contribution in [-0.2, 0) is 15.9 Å². The number of alkyl halides is 1. The van der Waals surface area contributed by atoms with E-state index >= 15 is 0 Å². The lowest BCUT2D eigenvalue weighted by atomic mass is 10.3. The average molecular weight is 296 g/mol. The summed E-state index contributed by atoms with van der Waals surface area (Å²) in [5.74, 6) is 0.361. The van der Waals surface area contributed by atoms with Crippen LogP contribution in [0.15, 0.2) is 11.0 Å². The maximum Gasteiger partial charge on any atom is 0.243 e. The average Bonchev–Trinajstić information content (AvgIpc) is 2.67. The molecule has 0 bridgehead atoms. The highest BCUT2D eigenvalue weighted by atomic mass is 35.5. The van der Waals surface area contributed by atoms with E-state index in [1.165, 1.54) is 15.6 Å². The third-order valence-electron chi connectivity index (χ3n) is 2.57. The van der Waals surface area contributed by atoms with Gasteiger partial charge in [0.2, 0.25) is 10.0 Å². The first-order valence-corrected chi connectivity index (χ1v) is 8.34. The molecule has 0 aliphatic carbocycles. The van der Waals surface area contributed by atoms with Gasteiger partial charge in [-0.3, -0.25) is 0 Å². The van der Waals surface area contributed by atoms with E-state index in [1.54, 1.807) is 13.1 Å². The molecule has 0 unspecified atom stereocenters. The summed E-state index contributed by atoms with van der Waals surface area (Å²) in [4.78, 5) is 2.10. The third kappa shape index (κ3) is 3.44. The molecule has 0 N–H and O–H groups in total. The Labute approximate surface area is 112 Å². The van der Waals surface area contributed by atoms with Gasteiger partial charge in [0.25, 0.3) is 0 Å². The minimum absolute atomic E-state index is 0.361. The molecule has 1 aromatic rings. The van der Waals surface area contributed by atoms with E-state index in [-0.39, 0.29) is 0 Å². The van der Waals surface area contributed by atoms with Crippen LogP contribution < -0.4 is 0 Å². The molecule has 17 heavy (non-hydrogen) atoms. The van der Waals surface area contributed by atoms with Crippen molar-refractivity contribution >= 4 is 33.0 Å². The quantitative estimate of drug-likeness (QED) is 0.756. The van der Waals surface area contributed by atoms with Gasteiger partial charge < -0.3 is 0 Å². The first-order valence-electron chi connectivity index (χ1n) is 5.55. The Morgan fingerprint density at radius 3 is 2.59 bits per heavy atom. The molecule has 1 aromatic heterocycles. The van der Waals surface area contributed by atoms with E-state index in [0.29, 0.717) is 17.3 Å². The van der Waals surface area contributed by atoms with Crippen molar-refractivity contribution in [3.05, 3.63) is 15.8 Å². The summed E-state index contributed by atoms with van der Waals surface area (Å²) in [6, 6.07) is 1.69. The predicted molar refractivity (Wildman–Crippen MR) is 73.3 cm³/mol. The summed E-state index contributed by atoms with van der Waals surface area (Å²) in [7, 11) is -1.72. The normalized spacial score (nSPS) is 12.3. The molecule has 0 aliphatic rings. The molecular weight excluding hydrogens is 278 g/mol. The van der Waals surface area contributed by atoms with E-state index in [1.807, 2.05) is 13.8 Å². The molecule has 0 saturated heterocycles. The molecule has 1 heterocycles. The van der Waals surface area contributed by atoms with Crippen LogP contribution in [0.1, 0.15) is 29.5 Å². The SMILES string of the molecule is CCCCN(C)S(=O)(=O)c1cc(CCl)sc1C. The van der Waals surface area contributed by atoms with Gasteiger partial charge in [-0.25, -0.2) is 12.7 Å². The van der Waals surface area contributed by atoms with Crippen molar-refractivity contribution in [1.82, 2.24) is 4.31 Å². The van der Waals surface area contributed by atoms with Gasteiger partial charge in [0, 0.05) is 23.3 Å². The second kappa shape index (κ2) is 6.18. The van der Waals surface area contributed by atoms with Crippen LogP contribution in [0.3, 0.4) is 0 Å². The Hall–Kier alpha value is -0.100. The highest BCUT2D eigenvalue weighted by molar-refractivity contribution is 7.89. The molecule has 0 radical (unpaired) electrons. The summed E-state index contributed by atoms with van der Waals surface area (Å²) in [5.41, 5.74) is 0. The van der Waals surface area contributed by atoms with Gasteiger partial charge >= 0.3 is 0 Å². The van der Waals surface area contributed by atoms with E-state index in [0.717, 1.165) is 22.6 Å². The number of aryl methyl sites for hydroxylation is 1. The molecule has 6 heteroatoms. The summed E-state index contributed by atoms with van der Waals surface area (Å²) < 4.78 is 26.0. The van der Waals surface area contributed by atoms with Crippen molar-refractivity contribution in [3.8, 4) is 0 Å². The minimum atomic E-state index is -3.35. The first kappa shape index (κ1) is 15.0. The summed E-state index contributed by atoms with van der Waals surface area (Å²) in [5, 5.41) is 0. The highest BCUT2D eigenvalue weighted by Gasteiger charge is 2.24. The van der Waals surface area contributed by atoms with Crippen LogP contribution in [0.5, 0.6) is 0 Å². The fraction of sp³-hybridized carbons (Fsp3) is 0.636. The van der Waals surface area contributed by atoms with Crippen molar-refractivity contribution < 1.29 is 8.42 Å². The molecule has 98 valence electrons. The summed E-state index contributed by atoms with van der Waals surface area (Å²) in [6.07, 6.45) is 1.86. The number of hydrogen-bond acceptors (Lipinski definition) is 3. The van der Waals surface area contributed by atoms with E-state index in [2.05, 4.69) is 0 Å². The summed E-state index contributed by atoms with van der Waals surface area (Å²) >= 11 is 7.17. The van der Waals surface area contributed by atoms with Gasteiger partial charge in [0.1, 0.15) is 0 Å². The molecule has 0 atom stereocenters. The first-order chi connectivity index (χ1) is 7.93.